The summed E-state index contributed by atoms with van der Waals surface area (Å²) in [5.41, 5.74) is 5.28. The lowest BCUT2D eigenvalue weighted by atomic mass is 9.89. The summed E-state index contributed by atoms with van der Waals surface area (Å²) in [4.78, 5) is 24.8. The molecule has 1 atom stereocenters. The van der Waals surface area contributed by atoms with Crippen LogP contribution in [0, 0.1) is 6.92 Å². The van der Waals surface area contributed by atoms with Crippen molar-refractivity contribution < 1.29 is 4.79 Å². The van der Waals surface area contributed by atoms with Crippen LogP contribution in [0.5, 0.6) is 0 Å². The van der Waals surface area contributed by atoms with Crippen LogP contribution in [0.15, 0.2) is 79.3 Å². The highest BCUT2D eigenvalue weighted by Gasteiger charge is 2.28. The Labute approximate surface area is 200 Å². The van der Waals surface area contributed by atoms with Gasteiger partial charge in [0.15, 0.2) is 0 Å². The van der Waals surface area contributed by atoms with E-state index in [1.54, 1.807) is 6.20 Å². The Balaban J connectivity index is 1.34. The standard InChI is InChI=1S/C28H29N5O/c1-21-29-18-26(16-22-8-3-2-4-9-22)27(31-21)25-12-6-14-32(20-25)28(34)24-11-5-10-23(17-24)19-33-15-7-13-30-33/h2-5,7-11,13,15,17-18,25H,6,12,14,16,19-20H2,1H3/t25-/m1/s1. The zero-order valence-corrected chi connectivity index (χ0v) is 19.5. The molecule has 0 saturated carbocycles. The van der Waals surface area contributed by atoms with Gasteiger partial charge in [-0.05, 0) is 54.7 Å². The van der Waals surface area contributed by atoms with Crippen molar-refractivity contribution in [2.45, 2.75) is 38.6 Å². The molecule has 0 radical (unpaired) electrons. The van der Waals surface area contributed by atoms with Gasteiger partial charge >= 0.3 is 0 Å². The van der Waals surface area contributed by atoms with Crippen LogP contribution in [0.4, 0.5) is 0 Å². The number of aromatic nitrogens is 4. The largest absolute Gasteiger partial charge is 0.338 e. The third-order valence-electron chi connectivity index (χ3n) is 6.43. The van der Waals surface area contributed by atoms with Crippen molar-refractivity contribution in [2.75, 3.05) is 13.1 Å². The van der Waals surface area contributed by atoms with Gasteiger partial charge in [-0.25, -0.2) is 9.97 Å². The lowest BCUT2D eigenvalue weighted by Gasteiger charge is -2.33. The van der Waals surface area contributed by atoms with Gasteiger partial charge in [-0.3, -0.25) is 9.48 Å². The molecule has 0 aliphatic carbocycles. The summed E-state index contributed by atoms with van der Waals surface area (Å²) >= 11 is 0. The molecular weight excluding hydrogens is 422 g/mol. The number of piperidine rings is 1. The van der Waals surface area contributed by atoms with E-state index >= 15 is 0 Å². The first-order valence-corrected chi connectivity index (χ1v) is 11.9. The molecule has 1 amide bonds. The monoisotopic (exact) mass is 451 g/mol. The van der Waals surface area contributed by atoms with E-state index in [0.29, 0.717) is 13.1 Å². The molecule has 3 heterocycles. The van der Waals surface area contributed by atoms with E-state index in [9.17, 15) is 4.79 Å². The Morgan fingerprint density at radius 1 is 1.06 bits per heavy atom. The number of carbonyl (C=O) groups is 1. The van der Waals surface area contributed by atoms with Gasteiger partial charge in [-0.15, -0.1) is 0 Å². The Kier molecular flexibility index (Phi) is 6.47. The number of aryl methyl sites for hydroxylation is 1. The second-order valence-electron chi connectivity index (χ2n) is 8.98. The first kappa shape index (κ1) is 22.0. The van der Waals surface area contributed by atoms with E-state index in [4.69, 9.17) is 4.98 Å². The summed E-state index contributed by atoms with van der Waals surface area (Å²) in [5.74, 6) is 1.08. The summed E-state index contributed by atoms with van der Waals surface area (Å²) in [7, 11) is 0. The predicted molar refractivity (Wildman–Crippen MR) is 132 cm³/mol. The quantitative estimate of drug-likeness (QED) is 0.428. The molecule has 34 heavy (non-hydrogen) atoms. The van der Waals surface area contributed by atoms with E-state index in [1.807, 2.05) is 65.3 Å². The topological polar surface area (TPSA) is 63.9 Å². The van der Waals surface area contributed by atoms with Crippen LogP contribution in [0.25, 0.3) is 0 Å². The number of nitrogens with zero attached hydrogens (tertiary/aromatic N) is 5. The first-order chi connectivity index (χ1) is 16.7. The Morgan fingerprint density at radius 2 is 1.91 bits per heavy atom. The first-order valence-electron chi connectivity index (χ1n) is 11.9. The van der Waals surface area contributed by atoms with Gasteiger partial charge in [0.1, 0.15) is 5.82 Å². The second kappa shape index (κ2) is 10.00. The highest BCUT2D eigenvalue weighted by Crippen LogP contribution is 2.30. The predicted octanol–water partition coefficient (Wildman–Crippen LogP) is 4.64. The van der Waals surface area contributed by atoms with Crippen molar-refractivity contribution in [3.63, 3.8) is 0 Å². The van der Waals surface area contributed by atoms with Gasteiger partial charge in [-0.1, -0.05) is 42.5 Å². The Bertz CT molecular complexity index is 1250. The fraction of sp³-hybridized carbons (Fsp3) is 0.286. The maximum Gasteiger partial charge on any atom is 0.253 e. The normalized spacial score (nSPS) is 15.9. The number of hydrogen-bond donors (Lipinski definition) is 0. The Hall–Kier alpha value is -3.80. The SMILES string of the molecule is Cc1ncc(Cc2ccccc2)c([C@@H]2CCCN(C(=O)c3cccc(Cn4cccn4)c3)C2)n1. The van der Waals surface area contributed by atoms with E-state index in [0.717, 1.165) is 54.0 Å². The summed E-state index contributed by atoms with van der Waals surface area (Å²) in [6.07, 6.45) is 8.46. The van der Waals surface area contributed by atoms with Crippen LogP contribution in [-0.2, 0) is 13.0 Å². The second-order valence-corrected chi connectivity index (χ2v) is 8.98. The van der Waals surface area contributed by atoms with E-state index in [-0.39, 0.29) is 11.8 Å². The number of carbonyl (C=O) groups excluding carboxylic acids is 1. The van der Waals surface area contributed by atoms with E-state index in [2.05, 4.69) is 34.3 Å². The third kappa shape index (κ3) is 5.06. The molecule has 0 spiro atoms. The van der Waals surface area contributed by atoms with Crippen LogP contribution in [0.1, 0.15) is 57.3 Å². The number of rotatable bonds is 6. The number of benzene rings is 2. The minimum atomic E-state index is 0.0856. The summed E-state index contributed by atoms with van der Waals surface area (Å²) in [6, 6.07) is 20.2. The Morgan fingerprint density at radius 3 is 2.74 bits per heavy atom. The molecule has 0 bridgehead atoms. The average molecular weight is 452 g/mol. The fourth-order valence-electron chi connectivity index (χ4n) is 4.77. The number of likely N-dealkylation sites (tertiary alicyclic amines) is 1. The highest BCUT2D eigenvalue weighted by atomic mass is 16.2. The van der Waals surface area contributed by atoms with Gasteiger partial charge < -0.3 is 4.90 Å². The zero-order valence-electron chi connectivity index (χ0n) is 19.5. The zero-order chi connectivity index (χ0) is 23.3. The summed E-state index contributed by atoms with van der Waals surface area (Å²) in [6.45, 7) is 4.05. The lowest BCUT2D eigenvalue weighted by molar-refractivity contribution is 0.0705. The number of amides is 1. The highest BCUT2D eigenvalue weighted by molar-refractivity contribution is 5.94. The average Bonchev–Trinajstić information content (AvgIpc) is 3.38. The summed E-state index contributed by atoms with van der Waals surface area (Å²) < 4.78 is 1.87. The fourth-order valence-corrected chi connectivity index (χ4v) is 4.77. The van der Waals surface area contributed by atoms with Gasteiger partial charge in [0, 0.05) is 49.6 Å². The number of hydrogen-bond acceptors (Lipinski definition) is 4. The molecule has 5 rings (SSSR count). The van der Waals surface area contributed by atoms with Crippen molar-refractivity contribution in [3.8, 4) is 0 Å². The van der Waals surface area contributed by atoms with Crippen LogP contribution in [-0.4, -0.2) is 43.6 Å². The third-order valence-corrected chi connectivity index (χ3v) is 6.43. The molecule has 1 fully saturated rings. The van der Waals surface area contributed by atoms with E-state index in [1.165, 1.54) is 5.56 Å². The minimum Gasteiger partial charge on any atom is -0.338 e. The van der Waals surface area contributed by atoms with Crippen LogP contribution < -0.4 is 0 Å². The lowest BCUT2D eigenvalue weighted by Crippen LogP contribution is -2.39. The van der Waals surface area contributed by atoms with Crippen molar-refractivity contribution >= 4 is 5.91 Å². The minimum absolute atomic E-state index is 0.0856. The van der Waals surface area contributed by atoms with Crippen molar-refractivity contribution in [3.05, 3.63) is 113 Å². The van der Waals surface area contributed by atoms with Gasteiger partial charge in [0.05, 0.1) is 12.2 Å². The molecule has 1 aliphatic rings. The molecule has 2 aromatic carbocycles. The molecule has 1 aliphatic heterocycles. The van der Waals surface area contributed by atoms with Crippen LogP contribution >= 0.6 is 0 Å². The molecule has 4 aromatic rings. The van der Waals surface area contributed by atoms with Gasteiger partial charge in [0.2, 0.25) is 0 Å². The molecule has 6 heteroatoms. The van der Waals surface area contributed by atoms with Crippen molar-refractivity contribution in [2.24, 2.45) is 0 Å². The molecule has 1 saturated heterocycles. The molecule has 2 aromatic heterocycles. The molecule has 0 unspecified atom stereocenters. The van der Waals surface area contributed by atoms with Crippen LogP contribution in [0.3, 0.4) is 0 Å². The maximum atomic E-state index is 13.4. The molecule has 6 nitrogen and oxygen atoms in total. The maximum absolute atomic E-state index is 13.4. The van der Waals surface area contributed by atoms with Crippen LogP contribution in [0.2, 0.25) is 0 Å². The molecule has 172 valence electrons. The van der Waals surface area contributed by atoms with Crippen molar-refractivity contribution in [1.29, 1.82) is 0 Å². The van der Waals surface area contributed by atoms with Crippen molar-refractivity contribution in [1.82, 2.24) is 24.6 Å². The smallest absolute Gasteiger partial charge is 0.253 e. The molecule has 0 N–H and O–H groups in total. The molecular formula is C28H29N5O. The van der Waals surface area contributed by atoms with Gasteiger partial charge in [0.25, 0.3) is 5.91 Å². The van der Waals surface area contributed by atoms with E-state index < -0.39 is 0 Å². The summed E-state index contributed by atoms with van der Waals surface area (Å²) in [5, 5.41) is 4.27. The van der Waals surface area contributed by atoms with Gasteiger partial charge in [-0.2, -0.15) is 5.10 Å².